The second-order valence-corrected chi connectivity index (χ2v) is 11.8. The summed E-state index contributed by atoms with van der Waals surface area (Å²) in [4.78, 5) is 29.9. The molecule has 0 bridgehead atoms. The minimum absolute atomic E-state index is 0.230. The summed E-state index contributed by atoms with van der Waals surface area (Å²) in [6, 6.07) is 12.3. The van der Waals surface area contributed by atoms with E-state index in [0.717, 1.165) is 21.8 Å². The molecule has 6 nitrogen and oxygen atoms in total. The first-order valence-electron chi connectivity index (χ1n) is 10.0. The summed E-state index contributed by atoms with van der Waals surface area (Å²) >= 11 is 1.57. The Balaban J connectivity index is 1.43. The molecular formula is C22H21FN4O2PS+. The number of halogens is 1. The molecular weight excluding hydrogens is 434 g/mol. The van der Waals surface area contributed by atoms with Gasteiger partial charge in [-0.2, -0.15) is 5.10 Å². The van der Waals surface area contributed by atoms with E-state index in [2.05, 4.69) is 20.1 Å². The highest BCUT2D eigenvalue weighted by molar-refractivity contribution is 7.77. The van der Waals surface area contributed by atoms with Crippen LogP contribution in [0, 0.1) is 5.82 Å². The summed E-state index contributed by atoms with van der Waals surface area (Å²) in [5.41, 5.74) is 1.35. The van der Waals surface area contributed by atoms with E-state index in [0.29, 0.717) is 42.5 Å². The highest BCUT2D eigenvalue weighted by Crippen LogP contribution is 2.55. The van der Waals surface area contributed by atoms with Gasteiger partial charge in [-0.3, -0.25) is 4.79 Å². The minimum Gasteiger partial charge on any atom is -0.341 e. The molecule has 2 aromatic carbocycles. The largest absolute Gasteiger partial charge is 0.341 e. The Morgan fingerprint density at radius 1 is 1.16 bits per heavy atom. The maximum absolute atomic E-state index is 14.8. The lowest BCUT2D eigenvalue weighted by Gasteiger charge is -2.32. The fraction of sp³-hybridized carbons (Fsp3) is 0.227. The van der Waals surface area contributed by atoms with Crippen LogP contribution >= 0.6 is 18.8 Å². The number of aromatic nitrogens is 3. The van der Waals surface area contributed by atoms with Crippen molar-refractivity contribution >= 4 is 40.0 Å². The van der Waals surface area contributed by atoms with Gasteiger partial charge in [0.15, 0.2) is 23.7 Å². The van der Waals surface area contributed by atoms with Crippen molar-refractivity contribution in [2.45, 2.75) is 6.42 Å². The Morgan fingerprint density at radius 3 is 2.68 bits per heavy atom. The van der Waals surface area contributed by atoms with E-state index >= 15 is 0 Å². The zero-order valence-corrected chi connectivity index (χ0v) is 18.4. The van der Waals surface area contributed by atoms with Crippen LogP contribution in [0.1, 0.15) is 11.3 Å². The molecule has 0 unspecified atom stereocenters. The monoisotopic (exact) mass is 455 g/mol. The van der Waals surface area contributed by atoms with E-state index < -0.39 is 7.49 Å². The van der Waals surface area contributed by atoms with Crippen LogP contribution in [-0.4, -0.2) is 45.5 Å². The summed E-state index contributed by atoms with van der Waals surface area (Å²) in [5, 5.41) is 11.4. The van der Waals surface area contributed by atoms with Crippen LogP contribution in [0.5, 0.6) is 0 Å². The smallest absolute Gasteiger partial charge is 0.272 e. The van der Waals surface area contributed by atoms with Crippen molar-refractivity contribution in [1.82, 2.24) is 15.2 Å². The van der Waals surface area contributed by atoms with Crippen molar-refractivity contribution in [2.24, 2.45) is 0 Å². The number of nitrogens with one attached hydrogen (secondary N) is 1. The summed E-state index contributed by atoms with van der Waals surface area (Å²) in [7, 11) is -2.60. The molecule has 1 aliphatic rings. The van der Waals surface area contributed by atoms with E-state index in [1.807, 2.05) is 23.6 Å². The number of anilines is 1. The number of aromatic amines is 1. The van der Waals surface area contributed by atoms with Crippen molar-refractivity contribution in [1.29, 1.82) is 0 Å². The molecule has 1 fully saturated rings. The molecule has 0 amide bonds. The van der Waals surface area contributed by atoms with Gasteiger partial charge in [0.05, 0.1) is 24.2 Å². The maximum Gasteiger partial charge on any atom is 0.272 e. The molecule has 5 rings (SSSR count). The minimum atomic E-state index is -2.60. The van der Waals surface area contributed by atoms with Crippen molar-refractivity contribution < 1.29 is 9.28 Å². The second kappa shape index (κ2) is 8.11. The number of H-pyrrole nitrogens is 1. The average molecular weight is 455 g/mol. The lowest BCUT2D eigenvalue weighted by Crippen LogP contribution is -2.40. The average Bonchev–Trinajstić information content (AvgIpc) is 3.32. The number of hydrogen-bond donors (Lipinski definition) is 2. The van der Waals surface area contributed by atoms with Gasteiger partial charge in [-0.1, -0.05) is 24.3 Å². The maximum atomic E-state index is 14.8. The normalized spacial score (nSPS) is 16.0. The van der Waals surface area contributed by atoms with Crippen LogP contribution in [0.15, 0.2) is 58.8 Å². The first-order valence-corrected chi connectivity index (χ1v) is 13.0. The van der Waals surface area contributed by atoms with E-state index in [4.69, 9.17) is 0 Å². The van der Waals surface area contributed by atoms with Gasteiger partial charge in [-0.15, -0.1) is 11.3 Å². The molecule has 0 aliphatic carbocycles. The van der Waals surface area contributed by atoms with E-state index in [-0.39, 0.29) is 11.4 Å². The van der Waals surface area contributed by atoms with Crippen LogP contribution in [0.2, 0.25) is 0 Å². The molecule has 0 spiro atoms. The Hall–Kier alpha value is -2.67. The third kappa shape index (κ3) is 3.87. The van der Waals surface area contributed by atoms with E-state index in [9.17, 15) is 14.1 Å². The van der Waals surface area contributed by atoms with Gasteiger partial charge in [0.1, 0.15) is 12.3 Å². The number of nitrogens with zero attached hydrogens (tertiary/aromatic N) is 3. The van der Waals surface area contributed by atoms with Crippen LogP contribution in [0.3, 0.4) is 0 Å². The van der Waals surface area contributed by atoms with Gasteiger partial charge in [0, 0.05) is 23.4 Å². The highest BCUT2D eigenvalue weighted by atomic mass is 32.1. The van der Waals surface area contributed by atoms with Gasteiger partial charge in [-0.05, 0) is 23.8 Å². The number of fused-ring (bicyclic) bond motifs is 1. The van der Waals surface area contributed by atoms with E-state index in [1.54, 1.807) is 35.7 Å². The predicted octanol–water partition coefficient (Wildman–Crippen LogP) is 3.18. The van der Waals surface area contributed by atoms with Crippen molar-refractivity contribution in [3.05, 3.63) is 81.5 Å². The molecule has 0 radical (unpaired) electrons. The third-order valence-electron chi connectivity index (χ3n) is 5.78. The van der Waals surface area contributed by atoms with Crippen LogP contribution in [-0.2, 0) is 6.42 Å². The third-order valence-corrected chi connectivity index (χ3v) is 9.73. The molecule has 4 aromatic rings. The Labute approximate surface area is 182 Å². The molecule has 2 N–H and O–H groups in total. The first kappa shape index (κ1) is 20.2. The number of hydrogen-bond acceptors (Lipinski definition) is 6. The predicted molar refractivity (Wildman–Crippen MR) is 124 cm³/mol. The van der Waals surface area contributed by atoms with Crippen LogP contribution in [0.4, 0.5) is 9.52 Å². The molecule has 31 heavy (non-hydrogen) atoms. The number of rotatable bonds is 4. The van der Waals surface area contributed by atoms with Crippen molar-refractivity contribution in [3.63, 3.8) is 0 Å². The second-order valence-electron chi connectivity index (χ2n) is 7.68. The van der Waals surface area contributed by atoms with Crippen LogP contribution < -0.4 is 15.8 Å². The molecule has 158 valence electrons. The van der Waals surface area contributed by atoms with Gasteiger partial charge in [0.2, 0.25) is 0 Å². The molecule has 1 saturated heterocycles. The molecule has 9 heteroatoms. The lowest BCUT2D eigenvalue weighted by molar-refractivity contribution is 0.586. The summed E-state index contributed by atoms with van der Waals surface area (Å²) in [6.45, 7) is 1.32. The Kier molecular flexibility index (Phi) is 5.30. The standard InChI is InChI=1S/C22H20FN4O2PS/c23-18-6-5-15(13-19-16-3-1-2-4-17(16)21(28)26-25-19)14-20(18)30(29)10-8-27(9-11-30)22-24-7-12-31-22/h1-7,12,14,29H,8-11,13H2/p+1. The zero-order valence-electron chi connectivity index (χ0n) is 16.7. The topological polar surface area (TPSA) is 82.1 Å². The summed E-state index contributed by atoms with van der Waals surface area (Å²) < 4.78 is 14.8. The van der Waals surface area contributed by atoms with E-state index in [1.165, 1.54) is 6.07 Å². The van der Waals surface area contributed by atoms with Crippen molar-refractivity contribution in [3.8, 4) is 0 Å². The van der Waals surface area contributed by atoms with Gasteiger partial charge >= 0.3 is 0 Å². The Morgan fingerprint density at radius 2 is 1.94 bits per heavy atom. The molecule has 3 heterocycles. The molecule has 1 aliphatic heterocycles. The van der Waals surface area contributed by atoms with Crippen LogP contribution in [0.25, 0.3) is 10.8 Å². The van der Waals surface area contributed by atoms with Gasteiger partial charge < -0.3 is 4.90 Å². The molecule has 0 atom stereocenters. The highest BCUT2D eigenvalue weighted by Gasteiger charge is 2.45. The van der Waals surface area contributed by atoms with Gasteiger partial charge in [0.25, 0.3) is 5.56 Å². The van der Waals surface area contributed by atoms with Gasteiger partial charge in [-0.25, -0.2) is 19.4 Å². The quantitative estimate of drug-likeness (QED) is 0.462. The SMILES string of the molecule is O=c1[nH]nc(Cc2ccc(F)c([P+]3(O)CCN(c4nccs4)CC3)c2)c2ccccc12. The lowest BCUT2D eigenvalue weighted by atomic mass is 10.0. The number of thiazole rings is 1. The summed E-state index contributed by atoms with van der Waals surface area (Å²) in [5.74, 6) is -0.360. The zero-order chi connectivity index (χ0) is 21.4. The molecule has 2 aromatic heterocycles. The van der Waals surface area contributed by atoms with Crippen molar-refractivity contribution in [2.75, 3.05) is 30.3 Å². The Bertz CT molecular complexity index is 1290. The number of benzene rings is 2. The summed E-state index contributed by atoms with van der Waals surface area (Å²) in [6.07, 6.45) is 3.28. The fourth-order valence-electron chi connectivity index (χ4n) is 4.09. The first-order chi connectivity index (χ1) is 15.0. The molecule has 0 saturated carbocycles. The fourth-order valence-corrected chi connectivity index (χ4v) is 7.51.